The van der Waals surface area contributed by atoms with Gasteiger partial charge in [0.15, 0.2) is 0 Å². The lowest BCUT2D eigenvalue weighted by molar-refractivity contribution is 0.584. The molecule has 0 spiro atoms. The lowest BCUT2D eigenvalue weighted by Crippen LogP contribution is -2.15. The highest BCUT2D eigenvalue weighted by atomic mass is 15.0. The number of fused-ring (bicyclic) bond motifs is 2. The number of hydrogen-bond donors (Lipinski definition) is 1. The molecule has 0 aliphatic rings. The van der Waals surface area contributed by atoms with Gasteiger partial charge in [0.1, 0.15) is 23.1 Å². The predicted octanol–water partition coefficient (Wildman–Crippen LogP) is 5.19. The molecule has 1 unspecified atom stereocenters. The van der Waals surface area contributed by atoms with E-state index in [2.05, 4.69) is 80.7 Å². The molecule has 0 aromatic carbocycles. The maximum atomic E-state index is 9.61. The van der Waals surface area contributed by atoms with Gasteiger partial charge in [0.25, 0.3) is 0 Å². The summed E-state index contributed by atoms with van der Waals surface area (Å²) in [5, 5.41) is 11.8. The Kier molecular flexibility index (Phi) is 4.23. The van der Waals surface area contributed by atoms with Gasteiger partial charge in [0, 0.05) is 41.3 Å². The van der Waals surface area contributed by atoms with Crippen LogP contribution in [0.25, 0.3) is 22.1 Å². The third-order valence-electron chi connectivity index (χ3n) is 5.42. The summed E-state index contributed by atoms with van der Waals surface area (Å²) in [5.41, 5.74) is 5.46. The second-order valence-electron chi connectivity index (χ2n) is 8.61. The minimum atomic E-state index is -0.115. The molecule has 4 aromatic rings. The van der Waals surface area contributed by atoms with E-state index >= 15 is 0 Å². The number of nitriles is 1. The molecule has 0 aliphatic heterocycles. The molecular weight excluding hydrogens is 346 g/mol. The molecule has 0 fully saturated rings. The molecule has 0 saturated carbocycles. The van der Waals surface area contributed by atoms with Crippen LogP contribution in [-0.4, -0.2) is 19.5 Å². The van der Waals surface area contributed by atoms with Crippen molar-refractivity contribution in [2.75, 3.05) is 0 Å². The lowest BCUT2D eigenvalue weighted by Gasteiger charge is -2.20. The highest BCUT2D eigenvalue weighted by Gasteiger charge is 2.21. The van der Waals surface area contributed by atoms with Crippen LogP contribution in [0, 0.1) is 18.3 Å². The average molecular weight is 371 g/mol. The first-order valence-electron chi connectivity index (χ1n) is 9.63. The molecule has 142 valence electrons. The fourth-order valence-electron chi connectivity index (χ4n) is 3.90. The summed E-state index contributed by atoms with van der Waals surface area (Å²) >= 11 is 0. The van der Waals surface area contributed by atoms with Crippen molar-refractivity contribution in [3.8, 4) is 6.07 Å². The average Bonchev–Trinajstić information content (AvgIpc) is 3.25. The van der Waals surface area contributed by atoms with Crippen LogP contribution in [0.2, 0.25) is 0 Å². The van der Waals surface area contributed by atoms with Crippen LogP contribution in [0.5, 0.6) is 0 Å². The summed E-state index contributed by atoms with van der Waals surface area (Å²) in [5.74, 6) is 0.275. The molecule has 1 atom stereocenters. The van der Waals surface area contributed by atoms with Gasteiger partial charge in [-0.15, -0.1) is 0 Å². The van der Waals surface area contributed by atoms with Crippen LogP contribution in [0.15, 0.2) is 36.7 Å². The van der Waals surface area contributed by atoms with Crippen LogP contribution < -0.4 is 0 Å². The molecule has 5 heteroatoms. The summed E-state index contributed by atoms with van der Waals surface area (Å²) in [4.78, 5) is 12.6. The lowest BCUT2D eigenvalue weighted by atomic mass is 9.85. The molecule has 0 aliphatic carbocycles. The van der Waals surface area contributed by atoms with Crippen molar-refractivity contribution in [2.24, 2.45) is 0 Å². The molecule has 4 rings (SSSR count). The molecule has 1 N–H and O–H groups in total. The number of pyridine rings is 2. The maximum absolute atomic E-state index is 9.61. The van der Waals surface area contributed by atoms with Gasteiger partial charge < -0.3 is 9.55 Å². The molecule has 28 heavy (non-hydrogen) atoms. The van der Waals surface area contributed by atoms with E-state index in [4.69, 9.17) is 9.97 Å². The fourth-order valence-corrected chi connectivity index (χ4v) is 3.90. The second-order valence-corrected chi connectivity index (χ2v) is 8.61. The van der Waals surface area contributed by atoms with Gasteiger partial charge in [-0.2, -0.15) is 5.26 Å². The van der Waals surface area contributed by atoms with Gasteiger partial charge in [-0.25, -0.2) is 9.97 Å². The summed E-state index contributed by atoms with van der Waals surface area (Å²) in [7, 11) is 0. The van der Waals surface area contributed by atoms with E-state index < -0.39 is 0 Å². The van der Waals surface area contributed by atoms with Gasteiger partial charge >= 0.3 is 0 Å². The Morgan fingerprint density at radius 1 is 1.18 bits per heavy atom. The quantitative estimate of drug-likeness (QED) is 0.538. The Morgan fingerprint density at radius 3 is 2.68 bits per heavy atom. The standard InChI is InChI=1S/C23H25N5/c1-14(18-10-16-6-8-25-21(16)26-15(18)2)13-28-9-7-17-11-19(23(3,4)5)20(12-24)27-22(17)28/h6-11,14H,13H2,1-5H3,(H,25,26). The third kappa shape index (κ3) is 3.05. The maximum Gasteiger partial charge on any atom is 0.146 e. The highest BCUT2D eigenvalue weighted by molar-refractivity contribution is 5.79. The Hall–Kier alpha value is -3.13. The van der Waals surface area contributed by atoms with Crippen molar-refractivity contribution in [3.05, 3.63) is 59.2 Å². The molecule has 0 bridgehead atoms. The zero-order valence-electron chi connectivity index (χ0n) is 17.0. The zero-order valence-corrected chi connectivity index (χ0v) is 17.0. The monoisotopic (exact) mass is 371 g/mol. The summed E-state index contributed by atoms with van der Waals surface area (Å²) < 4.78 is 2.15. The first-order chi connectivity index (χ1) is 13.3. The summed E-state index contributed by atoms with van der Waals surface area (Å²) in [6, 6.07) is 10.8. The predicted molar refractivity (Wildman–Crippen MR) is 112 cm³/mol. The van der Waals surface area contributed by atoms with Crippen LogP contribution in [0.4, 0.5) is 0 Å². The molecule has 0 saturated heterocycles. The molecule has 4 aromatic heterocycles. The zero-order chi connectivity index (χ0) is 20.1. The van der Waals surface area contributed by atoms with Crippen molar-refractivity contribution in [1.29, 1.82) is 5.26 Å². The van der Waals surface area contributed by atoms with E-state index in [0.29, 0.717) is 5.69 Å². The third-order valence-corrected chi connectivity index (χ3v) is 5.42. The fraction of sp³-hybridized carbons (Fsp3) is 0.348. The summed E-state index contributed by atoms with van der Waals surface area (Å²) in [6.45, 7) is 11.4. The topological polar surface area (TPSA) is 70.3 Å². The number of H-pyrrole nitrogens is 1. The van der Waals surface area contributed by atoms with Gasteiger partial charge in [0.2, 0.25) is 0 Å². The van der Waals surface area contributed by atoms with Gasteiger partial charge in [-0.1, -0.05) is 27.7 Å². The van der Waals surface area contributed by atoms with E-state index in [1.54, 1.807) is 0 Å². The van der Waals surface area contributed by atoms with Gasteiger partial charge in [0.05, 0.1) is 0 Å². The van der Waals surface area contributed by atoms with Gasteiger partial charge in [-0.05, 0) is 47.7 Å². The minimum absolute atomic E-state index is 0.115. The van der Waals surface area contributed by atoms with E-state index in [-0.39, 0.29) is 11.3 Å². The Morgan fingerprint density at radius 2 is 1.96 bits per heavy atom. The normalized spacial score (nSPS) is 13.1. The molecular formula is C23H25N5. The van der Waals surface area contributed by atoms with E-state index in [1.165, 1.54) is 5.56 Å². The Balaban J connectivity index is 1.73. The van der Waals surface area contributed by atoms with E-state index in [0.717, 1.165) is 39.9 Å². The number of aryl methyl sites for hydroxylation is 1. The van der Waals surface area contributed by atoms with Crippen molar-refractivity contribution in [2.45, 2.75) is 52.5 Å². The number of aromatic amines is 1. The molecule has 4 heterocycles. The van der Waals surface area contributed by atoms with Crippen LogP contribution >= 0.6 is 0 Å². The van der Waals surface area contributed by atoms with Crippen molar-refractivity contribution >= 4 is 22.1 Å². The Bertz CT molecular complexity index is 1210. The SMILES string of the molecule is Cc1nc2[nH]ccc2cc1C(C)Cn1ccc2cc(C(C)(C)C)c(C#N)nc21. The first-order valence-corrected chi connectivity index (χ1v) is 9.63. The summed E-state index contributed by atoms with van der Waals surface area (Å²) in [6.07, 6.45) is 3.99. The van der Waals surface area contributed by atoms with Crippen molar-refractivity contribution in [3.63, 3.8) is 0 Å². The molecule has 0 radical (unpaired) electrons. The highest BCUT2D eigenvalue weighted by Crippen LogP contribution is 2.30. The number of rotatable bonds is 3. The molecule has 5 nitrogen and oxygen atoms in total. The van der Waals surface area contributed by atoms with Crippen LogP contribution in [-0.2, 0) is 12.0 Å². The smallest absolute Gasteiger partial charge is 0.146 e. The van der Waals surface area contributed by atoms with Crippen molar-refractivity contribution in [1.82, 2.24) is 19.5 Å². The first kappa shape index (κ1) is 18.2. The van der Waals surface area contributed by atoms with Crippen molar-refractivity contribution < 1.29 is 0 Å². The largest absolute Gasteiger partial charge is 0.346 e. The number of nitrogens with one attached hydrogen (secondary N) is 1. The second kappa shape index (κ2) is 6.49. The van der Waals surface area contributed by atoms with Gasteiger partial charge in [-0.3, -0.25) is 0 Å². The van der Waals surface area contributed by atoms with Crippen LogP contribution in [0.1, 0.15) is 56.1 Å². The molecule has 0 amide bonds. The number of aromatic nitrogens is 4. The van der Waals surface area contributed by atoms with E-state index in [1.807, 2.05) is 6.20 Å². The minimum Gasteiger partial charge on any atom is -0.346 e. The number of hydrogen-bond acceptors (Lipinski definition) is 3. The number of nitrogens with zero attached hydrogens (tertiary/aromatic N) is 4. The van der Waals surface area contributed by atoms with Crippen LogP contribution in [0.3, 0.4) is 0 Å². The Labute approximate surface area is 165 Å². The van der Waals surface area contributed by atoms with E-state index in [9.17, 15) is 5.26 Å².